The van der Waals surface area contributed by atoms with E-state index in [4.69, 9.17) is 9.84 Å². The van der Waals surface area contributed by atoms with Gasteiger partial charge in [0.05, 0.1) is 11.8 Å². The maximum Gasteiger partial charge on any atom is 0.305 e. The number of thiophene rings is 1. The molecule has 0 fully saturated rings. The smallest absolute Gasteiger partial charge is 0.305 e. The number of ketones is 1. The van der Waals surface area contributed by atoms with Gasteiger partial charge in [0.1, 0.15) is 11.2 Å². The molecule has 0 amide bonds. The van der Waals surface area contributed by atoms with E-state index in [1.54, 1.807) is 6.07 Å². The van der Waals surface area contributed by atoms with Crippen LogP contribution in [0.15, 0.2) is 23.8 Å². The minimum absolute atomic E-state index is 0.0115. The molecule has 7 nitrogen and oxygen atoms in total. The topological polar surface area (TPSA) is 94.3 Å². The molecule has 0 saturated heterocycles. The Morgan fingerprint density at radius 1 is 1.32 bits per heavy atom. The molecule has 0 aliphatic carbocycles. The first-order chi connectivity index (χ1) is 12.0. The molecule has 1 N–H and O–H groups in total. The van der Waals surface area contributed by atoms with Gasteiger partial charge in [-0.25, -0.2) is 9.97 Å². The Morgan fingerprint density at radius 3 is 2.88 bits per heavy atom. The predicted octanol–water partition coefficient (Wildman–Crippen LogP) is 2.85. The molecule has 0 aliphatic rings. The standard InChI is InChI=1S/C17H17N3O4S/c1-10-7-13(11(2)20(10)5-3-15(22)23)14(21)8-24-16-12-4-6-25-17(12)19-9-18-16/h4,6-7,9H,3,5,8H2,1-2H3,(H,22,23). The number of rotatable bonds is 7. The summed E-state index contributed by atoms with van der Waals surface area (Å²) < 4.78 is 7.44. The summed E-state index contributed by atoms with van der Waals surface area (Å²) >= 11 is 1.48. The van der Waals surface area contributed by atoms with E-state index >= 15 is 0 Å². The lowest BCUT2D eigenvalue weighted by molar-refractivity contribution is -0.137. The summed E-state index contributed by atoms with van der Waals surface area (Å²) in [7, 11) is 0. The van der Waals surface area contributed by atoms with Gasteiger partial charge in [0.25, 0.3) is 0 Å². The Morgan fingerprint density at radius 2 is 2.12 bits per heavy atom. The fraction of sp³-hybridized carbons (Fsp3) is 0.294. The molecule has 0 atom stereocenters. The van der Waals surface area contributed by atoms with E-state index in [9.17, 15) is 9.59 Å². The monoisotopic (exact) mass is 359 g/mol. The number of carbonyl (C=O) groups is 2. The van der Waals surface area contributed by atoms with Gasteiger partial charge in [0.15, 0.2) is 6.61 Å². The Hall–Kier alpha value is -2.74. The van der Waals surface area contributed by atoms with Crippen molar-refractivity contribution in [2.45, 2.75) is 26.8 Å². The van der Waals surface area contributed by atoms with Crippen LogP contribution in [0.1, 0.15) is 28.2 Å². The summed E-state index contributed by atoms with van der Waals surface area (Å²) in [5.41, 5.74) is 2.14. The van der Waals surface area contributed by atoms with Crippen molar-refractivity contribution in [3.8, 4) is 5.88 Å². The highest BCUT2D eigenvalue weighted by Gasteiger charge is 2.17. The number of Topliss-reactive ketones (excluding diaryl/α,β-unsaturated/α-hetero) is 1. The number of carboxylic acids is 1. The Bertz CT molecular complexity index is 945. The third-order valence-electron chi connectivity index (χ3n) is 3.99. The number of carboxylic acid groups (broad SMARTS) is 1. The van der Waals surface area contributed by atoms with Crippen molar-refractivity contribution < 1.29 is 19.4 Å². The van der Waals surface area contributed by atoms with Crippen molar-refractivity contribution in [1.29, 1.82) is 0 Å². The largest absolute Gasteiger partial charge is 0.481 e. The molecule has 25 heavy (non-hydrogen) atoms. The minimum atomic E-state index is -0.868. The van der Waals surface area contributed by atoms with Crippen LogP contribution in [0, 0.1) is 13.8 Å². The van der Waals surface area contributed by atoms with E-state index in [2.05, 4.69) is 9.97 Å². The van der Waals surface area contributed by atoms with Crippen molar-refractivity contribution in [2.24, 2.45) is 0 Å². The molecule has 0 aliphatic heterocycles. The first-order valence-corrected chi connectivity index (χ1v) is 8.58. The first-order valence-electron chi connectivity index (χ1n) is 7.70. The maximum atomic E-state index is 12.5. The fourth-order valence-corrected chi connectivity index (χ4v) is 3.45. The number of hydrogen-bond donors (Lipinski definition) is 1. The number of fused-ring (bicyclic) bond motifs is 1. The second-order valence-corrected chi connectivity index (χ2v) is 6.50. The molecular formula is C17H17N3O4S. The molecular weight excluding hydrogens is 342 g/mol. The molecule has 3 aromatic rings. The zero-order chi connectivity index (χ0) is 18.0. The quantitative estimate of drug-likeness (QED) is 0.652. The Balaban J connectivity index is 1.74. The van der Waals surface area contributed by atoms with Crippen molar-refractivity contribution in [3.63, 3.8) is 0 Å². The average molecular weight is 359 g/mol. The predicted molar refractivity (Wildman–Crippen MR) is 93.4 cm³/mol. The fourth-order valence-electron chi connectivity index (χ4n) is 2.73. The highest BCUT2D eigenvalue weighted by atomic mass is 32.1. The molecule has 0 saturated carbocycles. The summed E-state index contributed by atoms with van der Waals surface area (Å²) in [5.74, 6) is -0.650. The number of carbonyl (C=O) groups excluding carboxylic acids is 1. The summed E-state index contributed by atoms with van der Waals surface area (Å²) in [6, 6.07) is 3.63. The third kappa shape index (κ3) is 3.53. The number of hydrogen-bond acceptors (Lipinski definition) is 6. The van der Waals surface area contributed by atoms with E-state index in [1.165, 1.54) is 17.7 Å². The van der Waals surface area contributed by atoms with Gasteiger partial charge in [-0.05, 0) is 31.4 Å². The van der Waals surface area contributed by atoms with Gasteiger partial charge in [-0.1, -0.05) is 0 Å². The van der Waals surface area contributed by atoms with Crippen molar-refractivity contribution in [2.75, 3.05) is 6.61 Å². The van der Waals surface area contributed by atoms with Crippen LogP contribution in [0.2, 0.25) is 0 Å². The van der Waals surface area contributed by atoms with Crippen LogP contribution in [-0.2, 0) is 11.3 Å². The average Bonchev–Trinajstić information content (AvgIpc) is 3.16. The first kappa shape index (κ1) is 17.1. The van der Waals surface area contributed by atoms with Gasteiger partial charge in [-0.2, -0.15) is 0 Å². The number of aliphatic carboxylic acids is 1. The molecule has 0 unspecified atom stereocenters. The number of aromatic nitrogens is 3. The Kier molecular flexibility index (Phi) is 4.80. The van der Waals surface area contributed by atoms with Crippen molar-refractivity contribution >= 4 is 33.3 Å². The number of aryl methyl sites for hydroxylation is 1. The lowest BCUT2D eigenvalue weighted by Crippen LogP contribution is -2.14. The van der Waals surface area contributed by atoms with Crippen LogP contribution in [0.4, 0.5) is 0 Å². The Labute approximate surface area is 147 Å². The highest BCUT2D eigenvalue weighted by Crippen LogP contribution is 2.25. The van der Waals surface area contributed by atoms with Crippen LogP contribution in [0.25, 0.3) is 10.2 Å². The molecule has 3 aromatic heterocycles. The maximum absolute atomic E-state index is 12.5. The molecule has 0 aromatic carbocycles. The van der Waals surface area contributed by atoms with Crippen LogP contribution in [0.3, 0.4) is 0 Å². The van der Waals surface area contributed by atoms with Gasteiger partial charge >= 0.3 is 5.97 Å². The molecule has 0 bridgehead atoms. The molecule has 0 spiro atoms. The van der Waals surface area contributed by atoms with E-state index in [0.29, 0.717) is 18.0 Å². The number of ether oxygens (including phenoxy) is 1. The zero-order valence-electron chi connectivity index (χ0n) is 13.9. The zero-order valence-corrected chi connectivity index (χ0v) is 14.7. The SMILES string of the molecule is Cc1cc(C(=O)COc2ncnc3sccc23)c(C)n1CCC(=O)O. The molecule has 3 heterocycles. The van der Waals surface area contributed by atoms with Crippen LogP contribution >= 0.6 is 11.3 Å². The minimum Gasteiger partial charge on any atom is -0.481 e. The summed E-state index contributed by atoms with van der Waals surface area (Å²) in [5, 5.41) is 11.5. The number of nitrogens with zero attached hydrogens (tertiary/aromatic N) is 3. The van der Waals surface area contributed by atoms with E-state index < -0.39 is 5.97 Å². The lowest BCUT2D eigenvalue weighted by atomic mass is 10.1. The van der Waals surface area contributed by atoms with Crippen molar-refractivity contribution in [1.82, 2.24) is 14.5 Å². The van der Waals surface area contributed by atoms with E-state index in [1.807, 2.05) is 29.9 Å². The van der Waals surface area contributed by atoms with Gasteiger partial charge in [-0.3, -0.25) is 9.59 Å². The summed E-state index contributed by atoms with van der Waals surface area (Å²) in [4.78, 5) is 32.3. The van der Waals surface area contributed by atoms with Crippen LogP contribution < -0.4 is 4.74 Å². The van der Waals surface area contributed by atoms with Gasteiger partial charge in [0, 0.05) is 23.5 Å². The van der Waals surface area contributed by atoms with Gasteiger partial charge in [0.2, 0.25) is 11.7 Å². The second kappa shape index (κ2) is 7.02. The van der Waals surface area contributed by atoms with E-state index in [-0.39, 0.29) is 18.8 Å². The van der Waals surface area contributed by atoms with Crippen molar-refractivity contribution in [3.05, 3.63) is 40.8 Å². The van der Waals surface area contributed by atoms with Gasteiger partial charge < -0.3 is 14.4 Å². The highest BCUT2D eigenvalue weighted by molar-refractivity contribution is 7.16. The third-order valence-corrected chi connectivity index (χ3v) is 4.81. The molecule has 3 rings (SSSR count). The summed E-state index contributed by atoms with van der Waals surface area (Å²) in [6.07, 6.45) is 1.42. The van der Waals surface area contributed by atoms with E-state index in [0.717, 1.165) is 21.6 Å². The lowest BCUT2D eigenvalue weighted by Gasteiger charge is -2.08. The normalized spacial score (nSPS) is 11.0. The summed E-state index contributed by atoms with van der Waals surface area (Å²) in [6.45, 7) is 3.86. The molecule has 8 heteroatoms. The van der Waals surface area contributed by atoms with Gasteiger partial charge in [-0.15, -0.1) is 11.3 Å². The molecule has 0 radical (unpaired) electrons. The second-order valence-electron chi connectivity index (χ2n) is 5.61. The van der Waals surface area contributed by atoms with Crippen LogP contribution in [-0.4, -0.2) is 38.0 Å². The molecule has 130 valence electrons. The van der Waals surface area contributed by atoms with Crippen LogP contribution in [0.5, 0.6) is 5.88 Å².